The van der Waals surface area contributed by atoms with Crippen molar-refractivity contribution in [1.29, 1.82) is 0 Å². The van der Waals surface area contributed by atoms with Crippen LogP contribution >= 0.6 is 31.9 Å². The number of halogens is 2. The standard InChI is InChI=1S/C19H20Br2O5/c1-11(20)9-25-13-3-5-15(17(22)7-13)19(24)16-6-4-14(8-18(16)23)26-10-12(2)21/h3-8,11-12,22-23H,9-10H2,1-2H3. The van der Waals surface area contributed by atoms with Crippen LogP contribution in [0.25, 0.3) is 0 Å². The highest BCUT2D eigenvalue weighted by Gasteiger charge is 2.18. The van der Waals surface area contributed by atoms with Crippen molar-refractivity contribution in [3.05, 3.63) is 47.5 Å². The van der Waals surface area contributed by atoms with Crippen LogP contribution in [0.5, 0.6) is 23.0 Å². The summed E-state index contributed by atoms with van der Waals surface area (Å²) in [5.74, 6) is 0.0235. The molecule has 140 valence electrons. The SMILES string of the molecule is CC(Br)COc1ccc(C(=O)c2ccc(OCC(C)Br)cc2O)c(O)c1. The van der Waals surface area contributed by atoms with Crippen molar-refractivity contribution in [3.8, 4) is 23.0 Å². The van der Waals surface area contributed by atoms with Gasteiger partial charge in [-0.05, 0) is 38.1 Å². The van der Waals surface area contributed by atoms with E-state index in [1.165, 1.54) is 24.3 Å². The molecule has 26 heavy (non-hydrogen) atoms. The summed E-state index contributed by atoms with van der Waals surface area (Å²) >= 11 is 6.74. The van der Waals surface area contributed by atoms with Gasteiger partial charge in [-0.3, -0.25) is 4.79 Å². The van der Waals surface area contributed by atoms with E-state index in [1.807, 2.05) is 13.8 Å². The molecule has 0 amide bonds. The number of ketones is 1. The molecule has 0 heterocycles. The molecule has 0 fully saturated rings. The monoisotopic (exact) mass is 486 g/mol. The number of aromatic hydroxyl groups is 2. The second-order valence-corrected chi connectivity index (χ2v) is 9.00. The minimum atomic E-state index is -0.485. The third-order valence-corrected chi connectivity index (χ3v) is 3.92. The largest absolute Gasteiger partial charge is 0.507 e. The Hall–Kier alpha value is -1.73. The number of ether oxygens (including phenoxy) is 2. The number of alkyl halides is 2. The Morgan fingerprint density at radius 3 is 1.58 bits per heavy atom. The van der Waals surface area contributed by atoms with Gasteiger partial charge in [-0.1, -0.05) is 31.9 Å². The molecule has 2 N–H and O–H groups in total. The summed E-state index contributed by atoms with van der Waals surface area (Å²) in [7, 11) is 0. The Bertz CT molecular complexity index is 711. The van der Waals surface area contributed by atoms with Gasteiger partial charge in [0, 0.05) is 21.8 Å². The average Bonchev–Trinajstić information content (AvgIpc) is 2.57. The Kier molecular flexibility index (Phi) is 7.34. The molecule has 0 aliphatic heterocycles. The Morgan fingerprint density at radius 2 is 1.27 bits per heavy atom. The first kappa shape index (κ1) is 20.6. The Labute approximate surface area is 169 Å². The second kappa shape index (κ2) is 9.28. The van der Waals surface area contributed by atoms with Crippen LogP contribution in [-0.4, -0.2) is 38.9 Å². The van der Waals surface area contributed by atoms with Crippen LogP contribution in [0, 0.1) is 0 Å². The van der Waals surface area contributed by atoms with Crippen LogP contribution in [0.4, 0.5) is 0 Å². The summed E-state index contributed by atoms with van der Waals surface area (Å²) in [6.45, 7) is 4.74. The van der Waals surface area contributed by atoms with Gasteiger partial charge in [0.1, 0.15) is 36.2 Å². The predicted molar refractivity (Wildman–Crippen MR) is 107 cm³/mol. The molecule has 0 bridgehead atoms. The number of carbonyl (C=O) groups is 1. The lowest BCUT2D eigenvalue weighted by atomic mass is 10.0. The number of rotatable bonds is 8. The smallest absolute Gasteiger partial charge is 0.200 e. The van der Waals surface area contributed by atoms with Gasteiger partial charge >= 0.3 is 0 Å². The molecule has 0 aliphatic carbocycles. The van der Waals surface area contributed by atoms with E-state index in [4.69, 9.17) is 9.47 Å². The number of phenolic OH excluding ortho intramolecular Hbond substituents is 2. The molecule has 5 nitrogen and oxygen atoms in total. The first-order valence-electron chi connectivity index (χ1n) is 8.02. The maximum Gasteiger partial charge on any atom is 0.200 e. The number of hydrogen-bond acceptors (Lipinski definition) is 5. The molecule has 0 radical (unpaired) electrons. The Morgan fingerprint density at radius 1 is 0.885 bits per heavy atom. The van der Waals surface area contributed by atoms with E-state index in [0.29, 0.717) is 24.7 Å². The van der Waals surface area contributed by atoms with Crippen molar-refractivity contribution in [3.63, 3.8) is 0 Å². The first-order chi connectivity index (χ1) is 12.3. The molecular weight excluding hydrogens is 468 g/mol. The van der Waals surface area contributed by atoms with E-state index < -0.39 is 5.78 Å². The van der Waals surface area contributed by atoms with Crippen LogP contribution in [0.1, 0.15) is 29.8 Å². The van der Waals surface area contributed by atoms with Crippen LogP contribution in [0.2, 0.25) is 0 Å². The van der Waals surface area contributed by atoms with Gasteiger partial charge in [0.2, 0.25) is 0 Å². The highest BCUT2D eigenvalue weighted by molar-refractivity contribution is 9.09. The molecular formula is C19H20Br2O5. The lowest BCUT2D eigenvalue weighted by molar-refractivity contribution is 0.103. The minimum Gasteiger partial charge on any atom is -0.507 e. The molecule has 2 aromatic rings. The van der Waals surface area contributed by atoms with Crippen LogP contribution in [0.15, 0.2) is 36.4 Å². The lowest BCUT2D eigenvalue weighted by Crippen LogP contribution is -2.08. The quantitative estimate of drug-likeness (QED) is 0.418. The molecule has 0 spiro atoms. The molecule has 2 unspecified atom stereocenters. The second-order valence-electron chi connectivity index (χ2n) is 5.87. The first-order valence-corrected chi connectivity index (χ1v) is 9.85. The van der Waals surface area contributed by atoms with E-state index >= 15 is 0 Å². The van der Waals surface area contributed by atoms with Crippen LogP contribution in [0.3, 0.4) is 0 Å². The van der Waals surface area contributed by atoms with E-state index in [2.05, 4.69) is 31.9 Å². The van der Waals surface area contributed by atoms with Gasteiger partial charge in [0.15, 0.2) is 5.78 Å². The van der Waals surface area contributed by atoms with Crippen molar-refractivity contribution in [2.24, 2.45) is 0 Å². The topological polar surface area (TPSA) is 76.0 Å². The fraction of sp³-hybridized carbons (Fsp3) is 0.316. The third kappa shape index (κ3) is 5.64. The zero-order valence-corrected chi connectivity index (χ0v) is 17.6. The van der Waals surface area contributed by atoms with E-state index in [0.717, 1.165) is 0 Å². The minimum absolute atomic E-state index is 0.0855. The third-order valence-electron chi connectivity index (χ3n) is 3.39. The molecule has 7 heteroatoms. The number of hydrogen-bond donors (Lipinski definition) is 2. The Balaban J connectivity index is 2.18. The van der Waals surface area contributed by atoms with E-state index in [9.17, 15) is 15.0 Å². The molecule has 0 aliphatic rings. The molecule has 2 atom stereocenters. The van der Waals surface area contributed by atoms with Gasteiger partial charge < -0.3 is 19.7 Å². The summed E-state index contributed by atoms with van der Waals surface area (Å²) in [6.07, 6.45) is 0. The fourth-order valence-corrected chi connectivity index (χ4v) is 2.42. The summed E-state index contributed by atoms with van der Waals surface area (Å²) in [5, 5.41) is 20.3. The van der Waals surface area contributed by atoms with E-state index in [-0.39, 0.29) is 32.3 Å². The van der Waals surface area contributed by atoms with Crippen LogP contribution < -0.4 is 9.47 Å². The molecule has 2 rings (SSSR count). The molecule has 2 aromatic carbocycles. The van der Waals surface area contributed by atoms with Gasteiger partial charge in [-0.15, -0.1) is 0 Å². The summed E-state index contributed by atoms with van der Waals surface area (Å²) in [4.78, 5) is 13.0. The average molecular weight is 488 g/mol. The number of phenols is 2. The van der Waals surface area contributed by atoms with Gasteiger partial charge in [-0.25, -0.2) is 0 Å². The summed E-state index contributed by atoms with van der Waals surface area (Å²) in [6, 6.07) is 8.93. The van der Waals surface area contributed by atoms with Crippen molar-refractivity contribution in [1.82, 2.24) is 0 Å². The van der Waals surface area contributed by atoms with Crippen molar-refractivity contribution >= 4 is 37.6 Å². The zero-order chi connectivity index (χ0) is 19.3. The molecule has 0 aromatic heterocycles. The highest BCUT2D eigenvalue weighted by atomic mass is 79.9. The van der Waals surface area contributed by atoms with E-state index in [1.54, 1.807) is 12.1 Å². The van der Waals surface area contributed by atoms with Crippen LogP contribution in [-0.2, 0) is 0 Å². The van der Waals surface area contributed by atoms with Crippen molar-refractivity contribution in [2.45, 2.75) is 23.5 Å². The number of benzene rings is 2. The summed E-state index contributed by atoms with van der Waals surface area (Å²) in [5.41, 5.74) is 0.171. The lowest BCUT2D eigenvalue weighted by Gasteiger charge is -2.12. The maximum atomic E-state index is 12.6. The fourth-order valence-electron chi connectivity index (χ4n) is 2.15. The molecule has 0 saturated heterocycles. The van der Waals surface area contributed by atoms with Gasteiger partial charge in [-0.2, -0.15) is 0 Å². The zero-order valence-electron chi connectivity index (χ0n) is 14.4. The van der Waals surface area contributed by atoms with Crippen molar-refractivity contribution < 1.29 is 24.5 Å². The van der Waals surface area contributed by atoms with Gasteiger partial charge in [0.25, 0.3) is 0 Å². The maximum absolute atomic E-state index is 12.6. The molecule has 0 saturated carbocycles. The van der Waals surface area contributed by atoms with Gasteiger partial charge in [0.05, 0.1) is 11.1 Å². The van der Waals surface area contributed by atoms with Crippen molar-refractivity contribution in [2.75, 3.05) is 13.2 Å². The highest BCUT2D eigenvalue weighted by Crippen LogP contribution is 2.30. The number of carbonyl (C=O) groups excluding carboxylic acids is 1. The summed E-state index contributed by atoms with van der Waals surface area (Å²) < 4.78 is 11.0. The normalized spacial score (nSPS) is 13.1. The predicted octanol–water partition coefficient (Wildman–Crippen LogP) is 4.65.